The minimum Gasteiger partial charge on any atom is -0.496 e. The van der Waals surface area contributed by atoms with E-state index in [4.69, 9.17) is 4.74 Å². The zero-order chi connectivity index (χ0) is 13.7. The van der Waals surface area contributed by atoms with E-state index in [-0.39, 0.29) is 18.4 Å². The topological polar surface area (TPSA) is 53.6 Å². The second kappa shape index (κ2) is 6.38. The molecule has 1 aliphatic rings. The summed E-state index contributed by atoms with van der Waals surface area (Å²) in [5.41, 5.74) is 0.631. The molecule has 1 aliphatic heterocycles. The second-order valence-electron chi connectivity index (χ2n) is 4.35. The maximum absolute atomic E-state index is 13.2. The molecule has 0 unspecified atom stereocenters. The van der Waals surface area contributed by atoms with Crippen LogP contribution in [-0.2, 0) is 6.54 Å². The predicted octanol–water partition coefficient (Wildman–Crippen LogP) is 0.949. The number of piperazine rings is 1. The summed E-state index contributed by atoms with van der Waals surface area (Å²) in [6.45, 7) is 3.23. The van der Waals surface area contributed by atoms with Gasteiger partial charge in [-0.2, -0.15) is 0 Å². The second-order valence-corrected chi connectivity index (χ2v) is 4.35. The fraction of sp³-hybridized carbons (Fsp3) is 0.462. The van der Waals surface area contributed by atoms with Crippen molar-refractivity contribution in [3.63, 3.8) is 0 Å². The summed E-state index contributed by atoms with van der Waals surface area (Å²) in [5.74, 6) is 0.231. The number of hydrogen-bond donors (Lipinski definition) is 2. The number of rotatable bonds is 3. The first-order valence-electron chi connectivity index (χ1n) is 6.26. The van der Waals surface area contributed by atoms with E-state index in [1.807, 2.05) is 0 Å². The Morgan fingerprint density at radius 1 is 1.47 bits per heavy atom. The van der Waals surface area contributed by atoms with Gasteiger partial charge >= 0.3 is 6.03 Å². The molecule has 2 rings (SSSR count). The Balaban J connectivity index is 1.94. The summed E-state index contributed by atoms with van der Waals surface area (Å²) < 4.78 is 18.3. The lowest BCUT2D eigenvalue weighted by Crippen LogP contribution is -2.50. The molecular formula is C13H18FN3O2. The number of nitrogens with one attached hydrogen (secondary N) is 2. The number of amides is 2. The van der Waals surface area contributed by atoms with E-state index in [1.54, 1.807) is 11.0 Å². The van der Waals surface area contributed by atoms with E-state index < -0.39 is 0 Å². The Kier molecular flexibility index (Phi) is 4.57. The molecule has 1 fully saturated rings. The minimum atomic E-state index is -0.341. The van der Waals surface area contributed by atoms with Crippen molar-refractivity contribution in [2.24, 2.45) is 0 Å². The predicted molar refractivity (Wildman–Crippen MR) is 69.6 cm³/mol. The van der Waals surface area contributed by atoms with Crippen LogP contribution in [0.5, 0.6) is 5.75 Å². The van der Waals surface area contributed by atoms with Gasteiger partial charge in [0.15, 0.2) is 0 Å². The molecular weight excluding hydrogens is 249 g/mol. The van der Waals surface area contributed by atoms with Crippen LogP contribution in [0.4, 0.5) is 9.18 Å². The van der Waals surface area contributed by atoms with Crippen LogP contribution in [0, 0.1) is 5.82 Å². The molecule has 2 N–H and O–H groups in total. The van der Waals surface area contributed by atoms with Gasteiger partial charge in [-0.3, -0.25) is 0 Å². The number of halogens is 1. The van der Waals surface area contributed by atoms with Gasteiger partial charge in [0.2, 0.25) is 0 Å². The molecule has 0 radical (unpaired) electrons. The summed E-state index contributed by atoms with van der Waals surface area (Å²) in [6.07, 6.45) is 0. The average Bonchev–Trinajstić information content (AvgIpc) is 2.46. The Morgan fingerprint density at radius 2 is 2.21 bits per heavy atom. The van der Waals surface area contributed by atoms with Crippen molar-refractivity contribution >= 4 is 6.03 Å². The smallest absolute Gasteiger partial charge is 0.317 e. The van der Waals surface area contributed by atoms with Gasteiger partial charge in [0.1, 0.15) is 11.6 Å². The third-order valence-electron chi connectivity index (χ3n) is 3.08. The SMILES string of the molecule is COc1ccc(F)cc1CNC(=O)N1CCNCC1. The first-order chi connectivity index (χ1) is 9.20. The highest BCUT2D eigenvalue weighted by atomic mass is 19.1. The molecule has 0 aromatic heterocycles. The molecule has 0 atom stereocenters. The number of nitrogens with zero attached hydrogens (tertiary/aromatic N) is 1. The molecule has 5 nitrogen and oxygen atoms in total. The van der Waals surface area contributed by atoms with Gasteiger partial charge < -0.3 is 20.3 Å². The summed E-state index contributed by atoms with van der Waals surface area (Å²) in [4.78, 5) is 13.6. The van der Waals surface area contributed by atoms with Crippen LogP contribution in [0.3, 0.4) is 0 Å². The van der Waals surface area contributed by atoms with Crippen LogP contribution in [0.25, 0.3) is 0 Å². The monoisotopic (exact) mass is 267 g/mol. The summed E-state index contributed by atoms with van der Waals surface area (Å²) >= 11 is 0. The summed E-state index contributed by atoms with van der Waals surface area (Å²) in [5, 5.41) is 5.96. The molecule has 6 heteroatoms. The summed E-state index contributed by atoms with van der Waals surface area (Å²) in [7, 11) is 1.52. The van der Waals surface area contributed by atoms with Crippen molar-refractivity contribution in [3.05, 3.63) is 29.6 Å². The fourth-order valence-corrected chi connectivity index (χ4v) is 2.04. The molecule has 1 aromatic carbocycles. The highest BCUT2D eigenvalue weighted by Crippen LogP contribution is 2.18. The van der Waals surface area contributed by atoms with Crippen LogP contribution < -0.4 is 15.4 Å². The zero-order valence-corrected chi connectivity index (χ0v) is 10.9. The lowest BCUT2D eigenvalue weighted by molar-refractivity contribution is 0.189. The van der Waals surface area contributed by atoms with Crippen molar-refractivity contribution in [3.8, 4) is 5.75 Å². The number of hydrogen-bond acceptors (Lipinski definition) is 3. The highest BCUT2D eigenvalue weighted by Gasteiger charge is 2.16. The number of carbonyl (C=O) groups is 1. The maximum atomic E-state index is 13.2. The van der Waals surface area contributed by atoms with Crippen LogP contribution in [-0.4, -0.2) is 44.2 Å². The molecule has 2 amide bonds. The zero-order valence-electron chi connectivity index (χ0n) is 10.9. The molecule has 0 saturated carbocycles. The van der Waals surface area contributed by atoms with Crippen LogP contribution in [0.2, 0.25) is 0 Å². The molecule has 1 heterocycles. The molecule has 0 spiro atoms. The number of urea groups is 1. The lowest BCUT2D eigenvalue weighted by atomic mass is 10.2. The molecule has 1 aromatic rings. The quantitative estimate of drug-likeness (QED) is 0.857. The normalized spacial score (nSPS) is 15.2. The first-order valence-corrected chi connectivity index (χ1v) is 6.26. The summed E-state index contributed by atoms with van der Waals surface area (Å²) in [6, 6.07) is 4.13. The van der Waals surface area contributed by atoms with Crippen LogP contribution in [0.15, 0.2) is 18.2 Å². The lowest BCUT2D eigenvalue weighted by Gasteiger charge is -2.27. The van der Waals surface area contributed by atoms with Gasteiger partial charge in [0.25, 0.3) is 0 Å². The van der Waals surface area contributed by atoms with Gasteiger partial charge in [-0.25, -0.2) is 9.18 Å². The Morgan fingerprint density at radius 3 is 2.89 bits per heavy atom. The highest BCUT2D eigenvalue weighted by molar-refractivity contribution is 5.74. The third kappa shape index (κ3) is 3.57. The van der Waals surface area contributed by atoms with E-state index in [1.165, 1.54) is 19.2 Å². The van der Waals surface area contributed by atoms with E-state index in [2.05, 4.69) is 10.6 Å². The number of benzene rings is 1. The molecule has 19 heavy (non-hydrogen) atoms. The van der Waals surface area contributed by atoms with Gasteiger partial charge in [0.05, 0.1) is 7.11 Å². The van der Waals surface area contributed by atoms with E-state index in [9.17, 15) is 9.18 Å². The van der Waals surface area contributed by atoms with E-state index in [0.717, 1.165) is 13.1 Å². The van der Waals surface area contributed by atoms with E-state index in [0.29, 0.717) is 24.4 Å². The Labute approximate surface area is 111 Å². The molecule has 0 bridgehead atoms. The standard InChI is InChI=1S/C13H18FN3O2/c1-19-12-3-2-11(14)8-10(12)9-16-13(18)17-6-4-15-5-7-17/h2-3,8,15H,4-7,9H2,1H3,(H,16,18). The largest absolute Gasteiger partial charge is 0.496 e. The molecule has 1 saturated heterocycles. The van der Waals surface area contributed by atoms with Gasteiger partial charge in [-0.15, -0.1) is 0 Å². The first kappa shape index (κ1) is 13.6. The fourth-order valence-electron chi connectivity index (χ4n) is 2.04. The maximum Gasteiger partial charge on any atom is 0.317 e. The Bertz CT molecular complexity index is 448. The molecule has 0 aliphatic carbocycles. The van der Waals surface area contributed by atoms with Gasteiger partial charge in [0, 0.05) is 38.3 Å². The van der Waals surface area contributed by atoms with Crippen molar-refractivity contribution in [2.45, 2.75) is 6.54 Å². The van der Waals surface area contributed by atoms with Gasteiger partial charge in [-0.1, -0.05) is 0 Å². The Hall–Kier alpha value is -1.82. The van der Waals surface area contributed by atoms with Crippen molar-refractivity contribution in [2.75, 3.05) is 33.3 Å². The van der Waals surface area contributed by atoms with E-state index >= 15 is 0 Å². The van der Waals surface area contributed by atoms with Crippen molar-refractivity contribution in [1.29, 1.82) is 0 Å². The van der Waals surface area contributed by atoms with Crippen molar-refractivity contribution < 1.29 is 13.9 Å². The molecule has 104 valence electrons. The minimum absolute atomic E-state index is 0.132. The van der Waals surface area contributed by atoms with Gasteiger partial charge in [-0.05, 0) is 18.2 Å². The number of carbonyl (C=O) groups excluding carboxylic acids is 1. The third-order valence-corrected chi connectivity index (χ3v) is 3.08. The van der Waals surface area contributed by atoms with Crippen LogP contribution in [0.1, 0.15) is 5.56 Å². The number of methoxy groups -OCH3 is 1. The van der Waals surface area contributed by atoms with Crippen LogP contribution >= 0.6 is 0 Å². The number of ether oxygens (including phenoxy) is 1. The van der Waals surface area contributed by atoms with Crippen molar-refractivity contribution in [1.82, 2.24) is 15.5 Å². The average molecular weight is 267 g/mol.